The van der Waals surface area contributed by atoms with Crippen LogP contribution in [0.2, 0.25) is 0 Å². The number of fused-ring (bicyclic) bond motifs is 1. The van der Waals surface area contributed by atoms with E-state index < -0.39 is 29.4 Å². The number of ether oxygens (including phenoxy) is 3. The van der Waals surface area contributed by atoms with E-state index in [9.17, 15) is 22.8 Å². The highest BCUT2D eigenvalue weighted by Gasteiger charge is 2.42. The molecule has 9 heteroatoms. The summed E-state index contributed by atoms with van der Waals surface area (Å²) in [6.45, 7) is 6.03. The average molecular weight is 584 g/mol. The van der Waals surface area contributed by atoms with Gasteiger partial charge in [-0.3, -0.25) is 4.79 Å². The van der Waals surface area contributed by atoms with Crippen LogP contribution in [0.1, 0.15) is 69.2 Å². The Morgan fingerprint density at radius 1 is 1.07 bits per heavy atom. The predicted molar refractivity (Wildman–Crippen MR) is 153 cm³/mol. The monoisotopic (exact) mass is 583 g/mol. The molecule has 1 aromatic heterocycles. The molecule has 2 aliphatic rings. The van der Waals surface area contributed by atoms with Gasteiger partial charge in [-0.25, -0.2) is 4.79 Å². The van der Waals surface area contributed by atoms with Gasteiger partial charge >= 0.3 is 12.1 Å². The normalized spacial score (nSPS) is 16.3. The summed E-state index contributed by atoms with van der Waals surface area (Å²) in [5, 5.41) is 0. The number of alkyl halides is 3. The number of nitrogens with zero attached hydrogens (tertiary/aromatic N) is 1. The lowest BCUT2D eigenvalue weighted by Crippen LogP contribution is -2.31. The molecule has 2 heterocycles. The Hall–Kier alpha value is -3.59. The van der Waals surface area contributed by atoms with E-state index >= 15 is 0 Å². The molecule has 1 aliphatic heterocycles. The third-order valence-electron chi connectivity index (χ3n) is 7.89. The Morgan fingerprint density at radius 2 is 1.83 bits per heavy atom. The zero-order chi connectivity index (χ0) is 30.2. The molecule has 1 unspecified atom stereocenters. The van der Waals surface area contributed by atoms with Gasteiger partial charge in [-0.05, 0) is 93.3 Å². The summed E-state index contributed by atoms with van der Waals surface area (Å²) in [6.07, 6.45) is -1.97. The van der Waals surface area contributed by atoms with E-state index in [1.165, 1.54) is 12.1 Å². The molecule has 1 fully saturated rings. The van der Waals surface area contributed by atoms with Crippen LogP contribution in [0.5, 0.6) is 5.75 Å². The van der Waals surface area contributed by atoms with E-state index in [0.717, 1.165) is 44.4 Å². The molecule has 224 valence electrons. The van der Waals surface area contributed by atoms with E-state index in [1.54, 1.807) is 49.6 Å². The number of methoxy groups -OCH3 is 1. The van der Waals surface area contributed by atoms with Crippen LogP contribution in [0.25, 0.3) is 22.4 Å². The molecule has 5 rings (SSSR count). The summed E-state index contributed by atoms with van der Waals surface area (Å²) in [5.74, 6) is 0.0429. The Bertz CT molecular complexity index is 1530. The number of carbonyl (C=O) groups excluding carboxylic acids is 1. The van der Waals surface area contributed by atoms with Crippen LogP contribution in [-0.4, -0.2) is 29.9 Å². The van der Waals surface area contributed by atoms with Gasteiger partial charge in [-0.2, -0.15) is 13.2 Å². The minimum atomic E-state index is -4.81. The van der Waals surface area contributed by atoms with Crippen molar-refractivity contribution < 1.29 is 32.2 Å². The molecule has 0 bridgehead atoms. The number of carbonyl (C=O) groups is 1. The smallest absolute Gasteiger partial charge is 0.416 e. The summed E-state index contributed by atoms with van der Waals surface area (Å²) in [7, 11) is 1.13. The molecule has 1 saturated carbocycles. The van der Waals surface area contributed by atoms with Gasteiger partial charge in [0.15, 0.2) is 6.10 Å². The van der Waals surface area contributed by atoms with Gasteiger partial charge in [0.25, 0.3) is 5.56 Å². The van der Waals surface area contributed by atoms with Crippen molar-refractivity contribution in [2.75, 3.05) is 13.7 Å². The maximum absolute atomic E-state index is 14.8. The van der Waals surface area contributed by atoms with Crippen LogP contribution in [-0.2, 0) is 33.4 Å². The fourth-order valence-corrected chi connectivity index (χ4v) is 5.74. The van der Waals surface area contributed by atoms with Gasteiger partial charge in [-0.15, -0.1) is 0 Å². The number of aryl methyl sites for hydroxylation is 1. The van der Waals surface area contributed by atoms with Crippen molar-refractivity contribution in [3.8, 4) is 28.1 Å². The van der Waals surface area contributed by atoms with Gasteiger partial charge in [0.1, 0.15) is 5.75 Å². The van der Waals surface area contributed by atoms with E-state index in [2.05, 4.69) is 0 Å². The second-order valence-corrected chi connectivity index (χ2v) is 12.0. The van der Waals surface area contributed by atoms with Crippen molar-refractivity contribution >= 4 is 5.97 Å². The van der Waals surface area contributed by atoms with Crippen LogP contribution in [0.3, 0.4) is 0 Å². The molecular weight excluding hydrogens is 547 g/mol. The van der Waals surface area contributed by atoms with Crippen molar-refractivity contribution in [3.63, 3.8) is 0 Å². The molecule has 2 aromatic carbocycles. The van der Waals surface area contributed by atoms with Gasteiger partial charge in [0.2, 0.25) is 0 Å². The largest absolute Gasteiger partial charge is 0.493 e. The van der Waals surface area contributed by atoms with Gasteiger partial charge in [0, 0.05) is 23.7 Å². The number of esters is 1. The number of rotatable bonds is 7. The average Bonchev–Trinajstić information content (AvgIpc) is 2.91. The van der Waals surface area contributed by atoms with Gasteiger partial charge in [0.05, 0.1) is 30.6 Å². The standard InChI is InChI=1S/C33H36F3NO5/c1-32(2,3)42-30(31(39)40-4)29-24(33(34,35)36)15-14-23(25-11-6-12-27(38)37(25)19-20-8-5-9-20)28(29)22-13-16-26-21(18-22)10-7-17-41-26/h6,11-16,18,20,30H,5,7-10,17,19H2,1-4H3. The van der Waals surface area contributed by atoms with Crippen molar-refractivity contribution in [2.45, 2.75) is 77.3 Å². The number of benzene rings is 2. The highest BCUT2D eigenvalue weighted by Crippen LogP contribution is 2.47. The van der Waals surface area contributed by atoms with Crippen molar-refractivity contribution in [1.82, 2.24) is 4.57 Å². The van der Waals surface area contributed by atoms with E-state index in [1.807, 2.05) is 6.07 Å². The molecule has 1 aliphatic carbocycles. The zero-order valence-corrected chi connectivity index (χ0v) is 24.3. The number of hydrogen-bond acceptors (Lipinski definition) is 5. The van der Waals surface area contributed by atoms with Crippen molar-refractivity contribution in [2.24, 2.45) is 5.92 Å². The summed E-state index contributed by atoms with van der Waals surface area (Å²) in [6, 6.07) is 12.5. The molecule has 0 spiro atoms. The quantitative estimate of drug-likeness (QED) is 0.272. The predicted octanol–water partition coefficient (Wildman–Crippen LogP) is 7.36. The molecule has 0 amide bonds. The lowest BCUT2D eigenvalue weighted by Gasteiger charge is -2.31. The lowest BCUT2D eigenvalue weighted by molar-refractivity contribution is -0.166. The lowest BCUT2D eigenvalue weighted by atomic mass is 9.84. The van der Waals surface area contributed by atoms with Crippen LogP contribution in [0.15, 0.2) is 53.3 Å². The van der Waals surface area contributed by atoms with Crippen LogP contribution < -0.4 is 10.3 Å². The van der Waals surface area contributed by atoms with Crippen molar-refractivity contribution in [3.05, 3.63) is 75.6 Å². The highest BCUT2D eigenvalue weighted by atomic mass is 19.4. The second kappa shape index (κ2) is 11.6. The van der Waals surface area contributed by atoms with E-state index in [0.29, 0.717) is 48.1 Å². The van der Waals surface area contributed by atoms with Crippen molar-refractivity contribution in [1.29, 1.82) is 0 Å². The maximum atomic E-state index is 14.8. The first kappa shape index (κ1) is 29.9. The Kier molecular flexibility index (Phi) is 8.25. The first-order valence-electron chi connectivity index (χ1n) is 14.3. The summed E-state index contributed by atoms with van der Waals surface area (Å²) in [4.78, 5) is 26.4. The maximum Gasteiger partial charge on any atom is 0.416 e. The summed E-state index contributed by atoms with van der Waals surface area (Å²) in [5.41, 5.74) is -0.188. The topological polar surface area (TPSA) is 66.8 Å². The molecule has 3 aromatic rings. The number of hydrogen-bond donors (Lipinski definition) is 0. The number of pyridine rings is 1. The molecule has 0 saturated heterocycles. The van der Waals surface area contributed by atoms with Gasteiger partial charge < -0.3 is 18.8 Å². The Morgan fingerprint density at radius 3 is 2.48 bits per heavy atom. The minimum Gasteiger partial charge on any atom is -0.493 e. The molecule has 6 nitrogen and oxygen atoms in total. The highest BCUT2D eigenvalue weighted by molar-refractivity contribution is 5.90. The summed E-state index contributed by atoms with van der Waals surface area (Å²) < 4.78 is 62.9. The fourth-order valence-electron chi connectivity index (χ4n) is 5.74. The number of aromatic nitrogens is 1. The zero-order valence-electron chi connectivity index (χ0n) is 24.3. The summed E-state index contributed by atoms with van der Waals surface area (Å²) >= 11 is 0. The van der Waals surface area contributed by atoms with E-state index in [4.69, 9.17) is 14.2 Å². The molecular formula is C33H36F3NO5. The Balaban J connectivity index is 1.87. The van der Waals surface area contributed by atoms with Crippen LogP contribution >= 0.6 is 0 Å². The molecule has 0 radical (unpaired) electrons. The van der Waals surface area contributed by atoms with E-state index in [-0.39, 0.29) is 16.7 Å². The molecule has 42 heavy (non-hydrogen) atoms. The third-order valence-corrected chi connectivity index (χ3v) is 7.89. The van der Waals surface area contributed by atoms with Gasteiger partial charge in [-0.1, -0.05) is 24.6 Å². The number of halogens is 3. The minimum absolute atomic E-state index is 0.172. The third kappa shape index (κ3) is 6.11. The molecule has 1 atom stereocenters. The first-order valence-corrected chi connectivity index (χ1v) is 14.3. The second-order valence-electron chi connectivity index (χ2n) is 12.0. The first-order chi connectivity index (χ1) is 19.9. The molecule has 0 N–H and O–H groups in total. The fraction of sp³-hybridized carbons (Fsp3) is 0.455. The van der Waals surface area contributed by atoms with Crippen LogP contribution in [0.4, 0.5) is 13.2 Å². The Labute approximate surface area is 243 Å². The SMILES string of the molecule is COC(=O)C(OC(C)(C)C)c1c(C(F)(F)F)ccc(-c2cccc(=O)n2CC2CCC2)c1-c1ccc2c(c1)CCCO2. The van der Waals surface area contributed by atoms with Crippen LogP contribution in [0, 0.1) is 5.92 Å².